The second-order valence-electron chi connectivity index (χ2n) is 8.00. The Balaban J connectivity index is 1.42. The van der Waals surface area contributed by atoms with Crippen LogP contribution in [0.25, 0.3) is 0 Å². The Hall–Kier alpha value is -3.35. The lowest BCUT2D eigenvalue weighted by molar-refractivity contribution is -0.152. The summed E-state index contributed by atoms with van der Waals surface area (Å²) >= 11 is 0. The van der Waals surface area contributed by atoms with Crippen molar-refractivity contribution in [1.29, 1.82) is 0 Å². The molecule has 2 aromatic rings. The Kier molecular flexibility index (Phi) is 6.21. The summed E-state index contributed by atoms with van der Waals surface area (Å²) in [4.78, 5) is 45.2. The van der Waals surface area contributed by atoms with Gasteiger partial charge in [-0.1, -0.05) is 30.3 Å². The van der Waals surface area contributed by atoms with Crippen molar-refractivity contribution in [2.45, 2.75) is 12.8 Å². The fraction of sp³-hybridized carbons (Fsp3) is 0.375. The second-order valence-corrected chi connectivity index (χ2v) is 8.00. The summed E-state index contributed by atoms with van der Waals surface area (Å²) in [7, 11) is 1.95. The monoisotopic (exact) mass is 420 g/mol. The Labute approximate surface area is 182 Å². The molecule has 2 aliphatic rings. The number of nitrogens with zero attached hydrogens (tertiary/aromatic N) is 4. The van der Waals surface area contributed by atoms with E-state index in [4.69, 9.17) is 0 Å². The molecule has 0 saturated carbocycles. The van der Waals surface area contributed by atoms with Crippen LogP contribution in [-0.2, 0) is 9.59 Å². The summed E-state index contributed by atoms with van der Waals surface area (Å²) in [6.45, 7) is 2.91. The van der Waals surface area contributed by atoms with E-state index in [1.807, 2.05) is 66.5 Å². The van der Waals surface area contributed by atoms with E-state index in [1.54, 1.807) is 14.7 Å². The predicted octanol–water partition coefficient (Wildman–Crippen LogP) is 2.36. The van der Waals surface area contributed by atoms with Crippen molar-refractivity contribution >= 4 is 29.1 Å². The summed E-state index contributed by atoms with van der Waals surface area (Å²) in [6, 6.07) is 17.5. The number of para-hydroxylation sites is 2. The van der Waals surface area contributed by atoms with Crippen LogP contribution in [-0.4, -0.2) is 78.7 Å². The van der Waals surface area contributed by atoms with Crippen LogP contribution in [0.3, 0.4) is 0 Å². The largest absolute Gasteiger partial charge is 0.344 e. The lowest BCUT2D eigenvalue weighted by Gasteiger charge is -2.35. The van der Waals surface area contributed by atoms with E-state index in [2.05, 4.69) is 0 Å². The van der Waals surface area contributed by atoms with Crippen molar-refractivity contribution in [2.24, 2.45) is 0 Å². The molecule has 2 aromatic carbocycles. The Morgan fingerprint density at radius 3 is 1.84 bits per heavy atom. The zero-order valence-corrected chi connectivity index (χ0v) is 17.9. The molecule has 7 heteroatoms. The summed E-state index contributed by atoms with van der Waals surface area (Å²) in [5.41, 5.74) is 2.46. The van der Waals surface area contributed by atoms with Gasteiger partial charge in [0.1, 0.15) is 0 Å². The van der Waals surface area contributed by atoms with Crippen molar-refractivity contribution in [1.82, 2.24) is 14.7 Å². The molecular formula is C24H28N4O3. The van der Waals surface area contributed by atoms with E-state index in [0.717, 1.165) is 24.2 Å². The number of benzene rings is 2. The molecule has 0 radical (unpaired) electrons. The molecule has 3 amide bonds. The molecule has 0 aromatic heterocycles. The summed E-state index contributed by atoms with van der Waals surface area (Å²) < 4.78 is 0. The van der Waals surface area contributed by atoms with Gasteiger partial charge in [0.25, 0.3) is 5.91 Å². The zero-order valence-electron chi connectivity index (χ0n) is 17.9. The summed E-state index contributed by atoms with van der Waals surface area (Å²) in [6.07, 6.45) is 1.91. The third-order valence-electron chi connectivity index (χ3n) is 6.07. The van der Waals surface area contributed by atoms with E-state index >= 15 is 0 Å². The van der Waals surface area contributed by atoms with Gasteiger partial charge in [-0.05, 0) is 37.1 Å². The van der Waals surface area contributed by atoms with Crippen LogP contribution in [0.2, 0.25) is 0 Å². The van der Waals surface area contributed by atoms with Crippen molar-refractivity contribution in [3.63, 3.8) is 0 Å². The molecule has 0 N–H and O–H groups in total. The summed E-state index contributed by atoms with van der Waals surface area (Å²) in [5.74, 6) is -0.915. The number of anilines is 2. The van der Waals surface area contributed by atoms with Crippen LogP contribution in [0.1, 0.15) is 23.2 Å². The number of hydrogen-bond donors (Lipinski definition) is 0. The summed E-state index contributed by atoms with van der Waals surface area (Å²) in [5, 5.41) is 0. The Morgan fingerprint density at radius 1 is 0.677 bits per heavy atom. The van der Waals surface area contributed by atoms with Gasteiger partial charge in [-0.25, -0.2) is 0 Å². The molecule has 0 unspecified atom stereocenters. The lowest BCUT2D eigenvalue weighted by Crippen LogP contribution is -2.54. The molecule has 162 valence electrons. The minimum absolute atomic E-state index is 0.0589. The number of likely N-dealkylation sites (tertiary alicyclic amines) is 1. The molecule has 2 heterocycles. The van der Waals surface area contributed by atoms with Crippen LogP contribution in [0, 0.1) is 0 Å². The van der Waals surface area contributed by atoms with Gasteiger partial charge in [0.2, 0.25) is 0 Å². The first-order chi connectivity index (χ1) is 15.1. The van der Waals surface area contributed by atoms with Gasteiger partial charge in [0.05, 0.1) is 11.3 Å². The van der Waals surface area contributed by atoms with Crippen molar-refractivity contribution < 1.29 is 14.4 Å². The van der Waals surface area contributed by atoms with E-state index in [-0.39, 0.29) is 5.91 Å². The second kappa shape index (κ2) is 9.20. The van der Waals surface area contributed by atoms with Crippen molar-refractivity contribution in [3.8, 4) is 0 Å². The molecule has 4 rings (SSSR count). The SMILES string of the molecule is CN(c1ccccc1)c1ccccc1C(=O)N1CCN(C(=O)C(=O)N2CCCC2)CC1. The lowest BCUT2D eigenvalue weighted by atomic mass is 10.1. The predicted molar refractivity (Wildman–Crippen MR) is 119 cm³/mol. The first kappa shape index (κ1) is 20.9. The van der Waals surface area contributed by atoms with E-state index < -0.39 is 11.8 Å². The third-order valence-corrected chi connectivity index (χ3v) is 6.07. The molecule has 2 aliphatic heterocycles. The van der Waals surface area contributed by atoms with Gasteiger partial charge in [-0.2, -0.15) is 0 Å². The van der Waals surface area contributed by atoms with Crippen LogP contribution in [0.15, 0.2) is 54.6 Å². The van der Waals surface area contributed by atoms with Crippen LogP contribution < -0.4 is 4.90 Å². The molecule has 2 fully saturated rings. The Morgan fingerprint density at radius 2 is 1.19 bits per heavy atom. The van der Waals surface area contributed by atoms with Gasteiger partial charge in [-0.3, -0.25) is 14.4 Å². The number of amides is 3. The van der Waals surface area contributed by atoms with Gasteiger partial charge >= 0.3 is 11.8 Å². The average molecular weight is 421 g/mol. The fourth-order valence-electron chi connectivity index (χ4n) is 4.21. The quantitative estimate of drug-likeness (QED) is 0.715. The molecule has 0 spiro atoms. The smallest absolute Gasteiger partial charge is 0.312 e. The first-order valence-electron chi connectivity index (χ1n) is 10.8. The van der Waals surface area contributed by atoms with Crippen LogP contribution >= 0.6 is 0 Å². The minimum atomic E-state index is -0.446. The van der Waals surface area contributed by atoms with Crippen molar-refractivity contribution in [2.75, 3.05) is 51.2 Å². The molecule has 2 saturated heterocycles. The van der Waals surface area contributed by atoms with Gasteiger partial charge in [0.15, 0.2) is 0 Å². The Bertz CT molecular complexity index is 948. The van der Waals surface area contributed by atoms with Gasteiger partial charge in [-0.15, -0.1) is 0 Å². The minimum Gasteiger partial charge on any atom is -0.344 e. The molecule has 0 aliphatic carbocycles. The molecular weight excluding hydrogens is 392 g/mol. The number of carbonyl (C=O) groups excluding carboxylic acids is 3. The van der Waals surface area contributed by atoms with Gasteiger partial charge in [0, 0.05) is 52.0 Å². The number of hydrogen-bond acceptors (Lipinski definition) is 4. The molecule has 7 nitrogen and oxygen atoms in total. The van der Waals surface area contributed by atoms with Crippen molar-refractivity contribution in [3.05, 3.63) is 60.2 Å². The maximum absolute atomic E-state index is 13.3. The third kappa shape index (κ3) is 4.40. The van der Waals surface area contributed by atoms with E-state index in [1.165, 1.54) is 0 Å². The van der Waals surface area contributed by atoms with E-state index in [9.17, 15) is 14.4 Å². The normalized spacial score (nSPS) is 16.4. The highest BCUT2D eigenvalue weighted by Crippen LogP contribution is 2.28. The number of rotatable bonds is 3. The van der Waals surface area contributed by atoms with Crippen LogP contribution in [0.5, 0.6) is 0 Å². The molecule has 0 bridgehead atoms. The topological polar surface area (TPSA) is 64.2 Å². The first-order valence-corrected chi connectivity index (χ1v) is 10.8. The highest BCUT2D eigenvalue weighted by Gasteiger charge is 2.32. The average Bonchev–Trinajstić information content (AvgIpc) is 3.38. The maximum Gasteiger partial charge on any atom is 0.312 e. The highest BCUT2D eigenvalue weighted by molar-refractivity contribution is 6.35. The van der Waals surface area contributed by atoms with E-state index in [0.29, 0.717) is 44.8 Å². The number of carbonyl (C=O) groups is 3. The van der Waals surface area contributed by atoms with Gasteiger partial charge < -0.3 is 19.6 Å². The number of piperazine rings is 1. The maximum atomic E-state index is 13.3. The molecule has 31 heavy (non-hydrogen) atoms. The molecule has 0 atom stereocenters. The zero-order chi connectivity index (χ0) is 21.8. The van der Waals surface area contributed by atoms with Crippen LogP contribution in [0.4, 0.5) is 11.4 Å². The standard InChI is InChI=1S/C24H28N4O3/c1-25(19-9-3-2-4-10-19)21-12-6-5-11-20(21)22(29)27-15-17-28(18-16-27)24(31)23(30)26-13-7-8-14-26/h2-6,9-12H,7-8,13-18H2,1H3. The highest BCUT2D eigenvalue weighted by atomic mass is 16.2. The fourth-order valence-corrected chi connectivity index (χ4v) is 4.21.